The maximum Gasteiger partial charge on any atom is 0.251 e. The maximum absolute atomic E-state index is 10.7. The van der Waals surface area contributed by atoms with E-state index in [1.807, 2.05) is 5.38 Å². The van der Waals surface area contributed by atoms with Crippen LogP contribution in [0.3, 0.4) is 0 Å². The fourth-order valence-electron chi connectivity index (χ4n) is 0.900. The minimum Gasteiger partial charge on any atom is -0.366 e. The number of hydrogen-bond donors (Lipinski definition) is 1. The quantitative estimate of drug-likeness (QED) is 0.784. The normalized spacial score (nSPS) is 10.0. The van der Waals surface area contributed by atoms with Crippen molar-refractivity contribution in [3.8, 4) is 10.8 Å². The van der Waals surface area contributed by atoms with Gasteiger partial charge < -0.3 is 5.73 Å². The number of thiazole rings is 1. The third-order valence-electron chi connectivity index (χ3n) is 1.56. The Morgan fingerprint density at radius 1 is 1.29 bits per heavy atom. The fourth-order valence-corrected chi connectivity index (χ4v) is 1.48. The summed E-state index contributed by atoms with van der Waals surface area (Å²) < 4.78 is 0. The predicted molar refractivity (Wildman–Crippen MR) is 51.7 cm³/mol. The molecule has 0 fully saturated rings. The van der Waals surface area contributed by atoms with Crippen LogP contribution in [0, 0.1) is 0 Å². The van der Waals surface area contributed by atoms with Gasteiger partial charge in [0, 0.05) is 24.0 Å². The van der Waals surface area contributed by atoms with Crippen molar-refractivity contribution in [2.24, 2.45) is 5.73 Å². The Balaban J connectivity index is 2.36. The van der Waals surface area contributed by atoms with Crippen molar-refractivity contribution in [3.63, 3.8) is 0 Å². The zero-order chi connectivity index (χ0) is 9.97. The van der Waals surface area contributed by atoms with Crippen LogP contribution in [-0.2, 0) is 0 Å². The van der Waals surface area contributed by atoms with E-state index in [1.54, 1.807) is 6.20 Å². The number of rotatable bonds is 2. The smallest absolute Gasteiger partial charge is 0.251 e. The molecule has 0 aliphatic rings. The molecule has 2 aromatic heterocycles. The second-order valence-electron chi connectivity index (χ2n) is 2.50. The molecule has 0 spiro atoms. The first-order valence-corrected chi connectivity index (χ1v) is 4.67. The van der Waals surface area contributed by atoms with E-state index in [1.165, 1.54) is 23.7 Å². The minimum atomic E-state index is -0.532. The van der Waals surface area contributed by atoms with Gasteiger partial charge in [-0.05, 0) is 0 Å². The number of amides is 1. The Morgan fingerprint density at radius 2 is 2.00 bits per heavy atom. The number of nitrogens with zero attached hydrogens (tertiary/aromatic N) is 3. The predicted octanol–water partition coefficient (Wildman–Crippen LogP) is 0.699. The molecule has 0 radical (unpaired) electrons. The molecule has 6 heteroatoms. The molecule has 5 nitrogen and oxygen atoms in total. The summed E-state index contributed by atoms with van der Waals surface area (Å²) >= 11 is 1.44. The highest BCUT2D eigenvalue weighted by molar-refractivity contribution is 7.12. The summed E-state index contributed by atoms with van der Waals surface area (Å²) in [6.07, 6.45) is 4.46. The molecule has 0 atom stereocenters. The summed E-state index contributed by atoms with van der Waals surface area (Å²) in [5, 5.41) is 2.56. The number of hydrogen-bond acceptors (Lipinski definition) is 5. The van der Waals surface area contributed by atoms with Gasteiger partial charge in [0.15, 0.2) is 10.8 Å². The molecule has 1 amide bonds. The maximum atomic E-state index is 10.7. The van der Waals surface area contributed by atoms with Crippen LogP contribution < -0.4 is 5.73 Å². The molecule has 0 saturated heterocycles. The number of nitrogens with two attached hydrogens (primary N) is 1. The standard InChI is InChI=1S/C8H6N4OS/c9-6(13)5-3-11-7(12-4-5)8-10-1-2-14-8/h1-4H,(H2,9,13). The van der Waals surface area contributed by atoms with Gasteiger partial charge in [-0.1, -0.05) is 0 Å². The summed E-state index contributed by atoms with van der Waals surface area (Å²) in [5.74, 6) is -0.0271. The summed E-state index contributed by atoms with van der Waals surface area (Å²) in [6, 6.07) is 0. The third-order valence-corrected chi connectivity index (χ3v) is 2.33. The van der Waals surface area contributed by atoms with Gasteiger partial charge in [0.1, 0.15) is 0 Å². The SMILES string of the molecule is NC(=O)c1cnc(-c2nccs2)nc1. The summed E-state index contributed by atoms with van der Waals surface area (Å²) in [5.41, 5.74) is 5.35. The van der Waals surface area contributed by atoms with Gasteiger partial charge >= 0.3 is 0 Å². The molecular formula is C8H6N4OS. The molecule has 2 rings (SSSR count). The molecule has 14 heavy (non-hydrogen) atoms. The van der Waals surface area contributed by atoms with Gasteiger partial charge in [-0.15, -0.1) is 11.3 Å². The van der Waals surface area contributed by atoms with Gasteiger partial charge in [0.05, 0.1) is 5.56 Å². The molecule has 2 heterocycles. The molecule has 0 aliphatic heterocycles. The van der Waals surface area contributed by atoms with Gasteiger partial charge in [-0.3, -0.25) is 4.79 Å². The molecular weight excluding hydrogens is 200 g/mol. The third kappa shape index (κ3) is 1.60. The van der Waals surface area contributed by atoms with E-state index in [-0.39, 0.29) is 0 Å². The molecule has 0 aliphatic carbocycles. The van der Waals surface area contributed by atoms with Crippen LogP contribution in [0.2, 0.25) is 0 Å². The monoisotopic (exact) mass is 206 g/mol. The van der Waals surface area contributed by atoms with E-state index >= 15 is 0 Å². The molecule has 2 aromatic rings. The van der Waals surface area contributed by atoms with Crippen LogP contribution in [0.1, 0.15) is 10.4 Å². The lowest BCUT2D eigenvalue weighted by Gasteiger charge is -1.95. The fraction of sp³-hybridized carbons (Fsp3) is 0. The van der Waals surface area contributed by atoms with Crippen LogP contribution in [0.15, 0.2) is 24.0 Å². The molecule has 0 saturated carbocycles. The van der Waals surface area contributed by atoms with E-state index in [9.17, 15) is 4.79 Å². The molecule has 0 aromatic carbocycles. The van der Waals surface area contributed by atoms with Crippen molar-refractivity contribution in [1.29, 1.82) is 0 Å². The van der Waals surface area contributed by atoms with Crippen LogP contribution in [-0.4, -0.2) is 20.9 Å². The van der Waals surface area contributed by atoms with E-state index in [0.717, 1.165) is 5.01 Å². The largest absolute Gasteiger partial charge is 0.366 e. The van der Waals surface area contributed by atoms with Crippen LogP contribution >= 0.6 is 11.3 Å². The highest BCUT2D eigenvalue weighted by Crippen LogP contribution is 2.16. The average molecular weight is 206 g/mol. The number of carbonyl (C=O) groups is 1. The number of primary amides is 1. The minimum absolute atomic E-state index is 0.297. The van der Waals surface area contributed by atoms with Crippen molar-refractivity contribution < 1.29 is 4.79 Å². The van der Waals surface area contributed by atoms with E-state index in [4.69, 9.17) is 5.73 Å². The lowest BCUT2D eigenvalue weighted by atomic mass is 10.3. The summed E-state index contributed by atoms with van der Waals surface area (Å²) in [6.45, 7) is 0. The molecule has 0 unspecified atom stereocenters. The highest BCUT2D eigenvalue weighted by Gasteiger charge is 2.05. The summed E-state index contributed by atoms with van der Waals surface area (Å²) in [4.78, 5) is 22.7. The van der Waals surface area contributed by atoms with Crippen molar-refractivity contribution in [2.45, 2.75) is 0 Å². The van der Waals surface area contributed by atoms with Gasteiger partial charge in [0.2, 0.25) is 0 Å². The van der Waals surface area contributed by atoms with Gasteiger partial charge in [0.25, 0.3) is 5.91 Å². The molecule has 70 valence electrons. The molecule has 0 bridgehead atoms. The van der Waals surface area contributed by atoms with Crippen molar-refractivity contribution >= 4 is 17.2 Å². The Hall–Kier alpha value is -1.82. The lowest BCUT2D eigenvalue weighted by molar-refractivity contribution is 0.0999. The van der Waals surface area contributed by atoms with Crippen molar-refractivity contribution in [1.82, 2.24) is 15.0 Å². The van der Waals surface area contributed by atoms with Crippen molar-refractivity contribution in [3.05, 3.63) is 29.5 Å². The zero-order valence-corrected chi connectivity index (χ0v) is 7.86. The van der Waals surface area contributed by atoms with Crippen LogP contribution in [0.5, 0.6) is 0 Å². The Morgan fingerprint density at radius 3 is 2.50 bits per heavy atom. The van der Waals surface area contributed by atoms with E-state index < -0.39 is 5.91 Å². The topological polar surface area (TPSA) is 81.8 Å². The molecule has 2 N–H and O–H groups in total. The number of aromatic nitrogens is 3. The van der Waals surface area contributed by atoms with Gasteiger partial charge in [-0.2, -0.15) is 0 Å². The van der Waals surface area contributed by atoms with E-state index in [2.05, 4.69) is 15.0 Å². The summed E-state index contributed by atoms with van der Waals surface area (Å²) in [7, 11) is 0. The lowest BCUT2D eigenvalue weighted by Crippen LogP contribution is -2.11. The van der Waals surface area contributed by atoms with Crippen LogP contribution in [0.25, 0.3) is 10.8 Å². The Kier molecular flexibility index (Phi) is 2.19. The van der Waals surface area contributed by atoms with Gasteiger partial charge in [-0.25, -0.2) is 15.0 Å². The Labute approximate surface area is 83.7 Å². The first-order valence-electron chi connectivity index (χ1n) is 3.79. The zero-order valence-electron chi connectivity index (χ0n) is 7.04. The highest BCUT2D eigenvalue weighted by atomic mass is 32.1. The van der Waals surface area contributed by atoms with Crippen molar-refractivity contribution in [2.75, 3.05) is 0 Å². The van der Waals surface area contributed by atoms with Crippen LogP contribution in [0.4, 0.5) is 0 Å². The first-order chi connectivity index (χ1) is 6.77. The average Bonchev–Trinajstić information content (AvgIpc) is 2.71. The van der Waals surface area contributed by atoms with E-state index in [0.29, 0.717) is 11.4 Å². The second kappa shape index (κ2) is 3.51. The first kappa shape index (κ1) is 8.76. The Bertz CT molecular complexity index is 437. The number of carbonyl (C=O) groups excluding carboxylic acids is 1. The second-order valence-corrected chi connectivity index (χ2v) is 3.39.